The molecule has 0 aliphatic carbocycles. The van der Waals surface area contributed by atoms with Gasteiger partial charge in [-0.2, -0.15) is 0 Å². The molecule has 6 nitrogen and oxygen atoms in total. The lowest BCUT2D eigenvalue weighted by Gasteiger charge is -2.18. The van der Waals surface area contributed by atoms with Crippen LogP contribution in [-0.4, -0.2) is 40.6 Å². The Morgan fingerprint density at radius 2 is 1.65 bits per heavy atom. The number of aromatic nitrogens is 2. The van der Waals surface area contributed by atoms with Crippen molar-refractivity contribution in [3.05, 3.63) is 74.9 Å². The minimum Gasteiger partial charge on any atom is -0.496 e. The van der Waals surface area contributed by atoms with Gasteiger partial charge in [-0.3, -0.25) is 0 Å². The lowest BCUT2D eigenvalue weighted by molar-refractivity contribution is 0.213. The molecule has 4 aromatic rings. The number of rotatable bonds is 8. The monoisotopic (exact) mass is 572 g/mol. The molecule has 0 aliphatic rings. The van der Waals surface area contributed by atoms with Gasteiger partial charge in [0.1, 0.15) is 34.5 Å². The summed E-state index contributed by atoms with van der Waals surface area (Å²) >= 11 is 2.23. The summed E-state index contributed by atoms with van der Waals surface area (Å²) in [5, 5.41) is 21.2. The molecule has 0 aliphatic heterocycles. The number of hydrogen-bond donors (Lipinski definition) is 2. The Kier molecular flexibility index (Phi) is 7.45. The summed E-state index contributed by atoms with van der Waals surface area (Å²) in [6.07, 6.45) is -0.918. The van der Waals surface area contributed by atoms with E-state index in [2.05, 4.69) is 60.7 Å². The van der Waals surface area contributed by atoms with Crippen molar-refractivity contribution < 1.29 is 19.7 Å². The van der Waals surface area contributed by atoms with Crippen LogP contribution in [0.5, 0.6) is 11.5 Å². The Balaban J connectivity index is 1.93. The number of imidazole rings is 1. The van der Waals surface area contributed by atoms with Crippen molar-refractivity contribution in [2.45, 2.75) is 32.4 Å². The fraction of sp³-hybridized carbons (Fsp3) is 0.296. The number of methoxy groups -OCH3 is 2. The molecule has 0 saturated heterocycles. The van der Waals surface area contributed by atoms with Crippen LogP contribution in [0.4, 0.5) is 0 Å². The van der Waals surface area contributed by atoms with E-state index in [1.165, 1.54) is 5.56 Å². The Hall–Kier alpha value is -2.62. The summed E-state index contributed by atoms with van der Waals surface area (Å²) in [6, 6.07) is 17.6. The van der Waals surface area contributed by atoms with E-state index < -0.39 is 6.10 Å². The van der Waals surface area contributed by atoms with Gasteiger partial charge in [0.05, 0.1) is 20.8 Å². The molecule has 0 bridgehead atoms. The van der Waals surface area contributed by atoms with Crippen LogP contribution in [0.15, 0.2) is 54.6 Å². The first-order valence-electron chi connectivity index (χ1n) is 11.2. The Morgan fingerprint density at radius 3 is 2.26 bits per heavy atom. The molecule has 3 aromatic carbocycles. The second-order valence-corrected chi connectivity index (χ2v) is 9.49. The normalized spacial score (nSPS) is 12.4. The lowest BCUT2D eigenvalue weighted by Crippen LogP contribution is -2.07. The Labute approximate surface area is 213 Å². The average molecular weight is 572 g/mol. The summed E-state index contributed by atoms with van der Waals surface area (Å²) in [4.78, 5) is 4.99. The van der Waals surface area contributed by atoms with E-state index in [-0.39, 0.29) is 6.61 Å². The first-order chi connectivity index (χ1) is 16.4. The SMILES string of the molecule is COc1ccccc1C(O)c1cc(OC)c2c(nc(-c3ccc(C(C)C)cc3)n2CCO)c1I. The minimum absolute atomic E-state index is 0.0339. The Bertz CT molecular complexity index is 1300. The van der Waals surface area contributed by atoms with Gasteiger partial charge < -0.3 is 24.3 Å². The molecule has 0 amide bonds. The van der Waals surface area contributed by atoms with Gasteiger partial charge in [-0.05, 0) is 46.2 Å². The van der Waals surface area contributed by atoms with E-state index in [1.54, 1.807) is 14.2 Å². The highest BCUT2D eigenvalue weighted by molar-refractivity contribution is 14.1. The third-order valence-electron chi connectivity index (χ3n) is 6.06. The number of hydrogen-bond acceptors (Lipinski definition) is 5. The smallest absolute Gasteiger partial charge is 0.145 e. The summed E-state index contributed by atoms with van der Waals surface area (Å²) in [5.74, 6) is 2.39. The highest BCUT2D eigenvalue weighted by Crippen LogP contribution is 2.40. The molecule has 1 aromatic heterocycles. The van der Waals surface area contributed by atoms with Crippen molar-refractivity contribution in [2.75, 3.05) is 20.8 Å². The molecule has 1 unspecified atom stereocenters. The molecule has 1 atom stereocenters. The van der Waals surface area contributed by atoms with E-state index in [0.717, 1.165) is 26.0 Å². The summed E-state index contributed by atoms with van der Waals surface area (Å²) in [7, 11) is 3.20. The van der Waals surface area contributed by atoms with Gasteiger partial charge in [0.15, 0.2) is 0 Å². The van der Waals surface area contributed by atoms with Gasteiger partial charge in [-0.15, -0.1) is 0 Å². The molecule has 0 fully saturated rings. The van der Waals surface area contributed by atoms with Crippen molar-refractivity contribution in [3.8, 4) is 22.9 Å². The zero-order valence-corrected chi connectivity index (χ0v) is 21.9. The number of halogens is 1. The summed E-state index contributed by atoms with van der Waals surface area (Å²) < 4.78 is 14.0. The van der Waals surface area contributed by atoms with E-state index in [9.17, 15) is 10.2 Å². The van der Waals surface area contributed by atoms with E-state index in [1.807, 2.05) is 34.9 Å². The van der Waals surface area contributed by atoms with Crippen LogP contribution >= 0.6 is 22.6 Å². The van der Waals surface area contributed by atoms with Crippen molar-refractivity contribution >= 4 is 33.6 Å². The first-order valence-corrected chi connectivity index (χ1v) is 12.3. The van der Waals surface area contributed by atoms with Crippen molar-refractivity contribution in [2.24, 2.45) is 0 Å². The summed E-state index contributed by atoms with van der Waals surface area (Å²) in [6.45, 7) is 4.67. The van der Waals surface area contributed by atoms with Crippen molar-refractivity contribution in [3.63, 3.8) is 0 Å². The number of aliphatic hydroxyl groups is 2. The van der Waals surface area contributed by atoms with Gasteiger partial charge in [0.25, 0.3) is 0 Å². The topological polar surface area (TPSA) is 76.7 Å². The van der Waals surface area contributed by atoms with Crippen LogP contribution in [0, 0.1) is 3.57 Å². The molecular formula is C27H29IN2O4. The van der Waals surface area contributed by atoms with Crippen molar-refractivity contribution in [1.82, 2.24) is 9.55 Å². The number of fused-ring (bicyclic) bond motifs is 1. The lowest BCUT2D eigenvalue weighted by atomic mass is 9.99. The highest BCUT2D eigenvalue weighted by atomic mass is 127. The maximum absolute atomic E-state index is 11.3. The third kappa shape index (κ3) is 4.39. The molecule has 2 N–H and O–H groups in total. The Morgan fingerprint density at radius 1 is 0.971 bits per heavy atom. The number of para-hydroxylation sites is 1. The molecule has 34 heavy (non-hydrogen) atoms. The van der Waals surface area contributed by atoms with Gasteiger partial charge in [-0.25, -0.2) is 4.98 Å². The van der Waals surface area contributed by atoms with Crippen LogP contribution in [0.1, 0.15) is 42.6 Å². The molecule has 0 saturated carbocycles. The van der Waals surface area contributed by atoms with Gasteiger partial charge in [0, 0.05) is 26.8 Å². The largest absolute Gasteiger partial charge is 0.496 e. The van der Waals surface area contributed by atoms with Crippen molar-refractivity contribution in [1.29, 1.82) is 0 Å². The molecule has 4 rings (SSSR count). The fourth-order valence-corrected chi connectivity index (χ4v) is 5.06. The number of nitrogens with zero attached hydrogens (tertiary/aromatic N) is 2. The van der Waals surface area contributed by atoms with Crippen LogP contribution in [0.25, 0.3) is 22.4 Å². The first kappa shape index (κ1) is 24.5. The molecule has 1 heterocycles. The number of ether oxygens (including phenoxy) is 2. The van der Waals surface area contributed by atoms with Gasteiger partial charge >= 0.3 is 0 Å². The van der Waals surface area contributed by atoms with E-state index in [0.29, 0.717) is 35.1 Å². The quantitative estimate of drug-likeness (QED) is 0.272. The fourth-order valence-electron chi connectivity index (χ4n) is 4.23. The maximum atomic E-state index is 11.3. The molecule has 0 spiro atoms. The molecule has 178 valence electrons. The van der Waals surface area contributed by atoms with Gasteiger partial charge in [-0.1, -0.05) is 56.3 Å². The molecule has 7 heteroatoms. The van der Waals surface area contributed by atoms with Crippen LogP contribution in [-0.2, 0) is 6.54 Å². The van der Waals surface area contributed by atoms with Crippen LogP contribution in [0.3, 0.4) is 0 Å². The number of benzene rings is 3. The maximum Gasteiger partial charge on any atom is 0.145 e. The predicted octanol–water partition coefficient (Wildman–Crippen LogP) is 5.52. The predicted molar refractivity (Wildman–Crippen MR) is 143 cm³/mol. The standard InChI is InChI=1S/C27H29IN2O4/c1-16(2)17-9-11-18(12-10-17)27-29-24-23(28)20(15-22(34-4)25(24)30(27)13-14-31)26(32)19-7-5-6-8-21(19)33-3/h5-12,15-16,26,31-32H,13-14H2,1-4H3. The second-order valence-electron chi connectivity index (χ2n) is 8.41. The minimum atomic E-state index is -0.918. The van der Waals surface area contributed by atoms with Crippen LogP contribution < -0.4 is 9.47 Å². The van der Waals surface area contributed by atoms with Crippen LogP contribution in [0.2, 0.25) is 0 Å². The highest BCUT2D eigenvalue weighted by Gasteiger charge is 2.25. The molecular weight excluding hydrogens is 543 g/mol. The second kappa shape index (κ2) is 10.3. The third-order valence-corrected chi connectivity index (χ3v) is 7.19. The average Bonchev–Trinajstić information content (AvgIpc) is 3.24. The zero-order chi connectivity index (χ0) is 24.4. The van der Waals surface area contributed by atoms with E-state index in [4.69, 9.17) is 14.5 Å². The molecule has 0 radical (unpaired) electrons. The summed E-state index contributed by atoms with van der Waals surface area (Å²) in [5.41, 5.74) is 5.08. The number of aliphatic hydroxyl groups excluding tert-OH is 2. The van der Waals surface area contributed by atoms with Gasteiger partial charge in [0.2, 0.25) is 0 Å². The zero-order valence-electron chi connectivity index (χ0n) is 19.7. The van der Waals surface area contributed by atoms with E-state index >= 15 is 0 Å².